The highest BCUT2D eigenvalue weighted by molar-refractivity contribution is 7.85. The van der Waals surface area contributed by atoms with Crippen LogP contribution in [-0.4, -0.2) is 17.5 Å². The Hall–Kier alpha value is -1.66. The van der Waals surface area contributed by atoms with Crippen molar-refractivity contribution in [1.82, 2.24) is 4.57 Å². The summed E-state index contributed by atoms with van der Waals surface area (Å²) in [5, 5.41) is 0. The zero-order valence-corrected chi connectivity index (χ0v) is 13.5. The van der Waals surface area contributed by atoms with Crippen molar-refractivity contribution in [2.24, 2.45) is 7.05 Å². The van der Waals surface area contributed by atoms with Crippen molar-refractivity contribution in [2.45, 2.75) is 38.1 Å². The van der Waals surface area contributed by atoms with Crippen LogP contribution in [0.4, 0.5) is 0 Å². The molecule has 0 unspecified atom stereocenters. The van der Waals surface area contributed by atoms with E-state index in [1.54, 1.807) is 12.1 Å². The molecule has 0 N–H and O–H groups in total. The van der Waals surface area contributed by atoms with Crippen LogP contribution < -0.4 is 4.57 Å². The third-order valence-electron chi connectivity index (χ3n) is 2.90. The number of unbranched alkanes of at least 4 members (excludes halogenated alkanes) is 1. The van der Waals surface area contributed by atoms with Crippen LogP contribution in [0, 0.1) is 6.92 Å². The van der Waals surface area contributed by atoms with Gasteiger partial charge in [-0.1, -0.05) is 31.0 Å². The van der Waals surface area contributed by atoms with Gasteiger partial charge >= 0.3 is 0 Å². The maximum atomic E-state index is 10.4. The average molecular weight is 310 g/mol. The summed E-state index contributed by atoms with van der Waals surface area (Å²) in [7, 11) is -2.23. The molecule has 1 aromatic carbocycles. The Balaban J connectivity index is 0.000000211. The maximum Gasteiger partial charge on any atom is 0.243 e. The Morgan fingerprint density at radius 1 is 1.24 bits per heavy atom. The number of rotatable bonds is 4. The topological polar surface area (TPSA) is 66.0 Å². The van der Waals surface area contributed by atoms with E-state index in [2.05, 4.69) is 34.8 Å². The van der Waals surface area contributed by atoms with Gasteiger partial charge in [0, 0.05) is 0 Å². The van der Waals surface area contributed by atoms with Crippen molar-refractivity contribution in [3.63, 3.8) is 0 Å². The van der Waals surface area contributed by atoms with E-state index in [0.29, 0.717) is 0 Å². The van der Waals surface area contributed by atoms with E-state index in [0.717, 1.165) is 12.1 Å². The van der Waals surface area contributed by atoms with Gasteiger partial charge in [0.2, 0.25) is 6.33 Å². The molecule has 1 aromatic heterocycles. The second-order valence-electron chi connectivity index (χ2n) is 4.94. The van der Waals surface area contributed by atoms with Crippen LogP contribution in [0.25, 0.3) is 0 Å². The van der Waals surface area contributed by atoms with Crippen molar-refractivity contribution in [2.75, 3.05) is 0 Å². The fourth-order valence-electron chi connectivity index (χ4n) is 1.68. The summed E-state index contributed by atoms with van der Waals surface area (Å²) >= 11 is 0. The summed E-state index contributed by atoms with van der Waals surface area (Å²) in [4.78, 5) is -0.178. The Morgan fingerprint density at radius 2 is 1.86 bits per heavy atom. The highest BCUT2D eigenvalue weighted by Crippen LogP contribution is 2.08. The molecule has 0 amide bonds. The minimum Gasteiger partial charge on any atom is -0.744 e. The molecule has 0 spiro atoms. The smallest absolute Gasteiger partial charge is 0.243 e. The number of hydrogen-bond donors (Lipinski definition) is 0. The summed E-state index contributed by atoms with van der Waals surface area (Å²) in [6.45, 7) is 5.18. The minimum atomic E-state index is -4.27. The first kappa shape index (κ1) is 17.4. The third-order valence-corrected chi connectivity index (χ3v) is 3.75. The number of nitrogens with zero attached hydrogens (tertiary/aromatic N) is 2. The maximum absolute atomic E-state index is 10.4. The number of imidazole rings is 1. The third kappa shape index (κ3) is 6.55. The molecule has 0 saturated heterocycles. The largest absolute Gasteiger partial charge is 0.744 e. The van der Waals surface area contributed by atoms with Crippen LogP contribution in [0.5, 0.6) is 0 Å². The molecule has 0 aliphatic carbocycles. The molecule has 0 fully saturated rings. The van der Waals surface area contributed by atoms with E-state index in [-0.39, 0.29) is 4.90 Å². The molecule has 0 radical (unpaired) electrons. The van der Waals surface area contributed by atoms with Crippen molar-refractivity contribution < 1.29 is 17.5 Å². The average Bonchev–Trinajstić information content (AvgIpc) is 2.82. The number of benzene rings is 1. The Morgan fingerprint density at radius 3 is 2.29 bits per heavy atom. The normalized spacial score (nSPS) is 10.9. The monoisotopic (exact) mass is 310 g/mol. The molecular formula is C15H22N2O3S. The lowest BCUT2D eigenvalue weighted by Crippen LogP contribution is -2.30. The lowest BCUT2D eigenvalue weighted by Gasteiger charge is -2.05. The predicted molar refractivity (Wildman–Crippen MR) is 79.7 cm³/mol. The van der Waals surface area contributed by atoms with Gasteiger partial charge in [0.05, 0.1) is 18.5 Å². The van der Waals surface area contributed by atoms with Gasteiger partial charge in [-0.25, -0.2) is 17.6 Å². The number of aromatic nitrogens is 2. The van der Waals surface area contributed by atoms with Gasteiger partial charge in [-0.15, -0.1) is 0 Å². The van der Waals surface area contributed by atoms with Crippen LogP contribution in [0.2, 0.25) is 0 Å². The van der Waals surface area contributed by atoms with Gasteiger partial charge < -0.3 is 4.55 Å². The molecule has 0 bridgehead atoms. The van der Waals surface area contributed by atoms with E-state index < -0.39 is 10.1 Å². The van der Waals surface area contributed by atoms with Gasteiger partial charge in [-0.2, -0.15) is 0 Å². The number of hydrogen-bond acceptors (Lipinski definition) is 3. The van der Waals surface area contributed by atoms with Crippen molar-refractivity contribution in [3.8, 4) is 0 Å². The first-order valence-corrected chi connectivity index (χ1v) is 8.27. The van der Waals surface area contributed by atoms with E-state index in [1.807, 2.05) is 14.0 Å². The summed E-state index contributed by atoms with van der Waals surface area (Å²) in [6, 6.07) is 5.78. The van der Waals surface area contributed by atoms with Gasteiger partial charge in [-0.05, 0) is 25.5 Å². The molecule has 116 valence electrons. The molecule has 2 rings (SSSR count). The van der Waals surface area contributed by atoms with E-state index in [9.17, 15) is 13.0 Å². The molecule has 2 aromatic rings. The van der Waals surface area contributed by atoms with Crippen LogP contribution in [0.3, 0.4) is 0 Å². The molecular weight excluding hydrogens is 288 g/mol. The first-order chi connectivity index (χ1) is 9.82. The Kier molecular flexibility index (Phi) is 6.58. The zero-order chi connectivity index (χ0) is 15.9. The predicted octanol–water partition coefficient (Wildman–Crippen LogP) is 2.01. The molecule has 1 heterocycles. The molecule has 5 nitrogen and oxygen atoms in total. The fraction of sp³-hybridized carbons (Fsp3) is 0.400. The second kappa shape index (κ2) is 7.95. The van der Waals surface area contributed by atoms with Crippen LogP contribution in [-0.2, 0) is 23.7 Å². The van der Waals surface area contributed by atoms with Crippen LogP contribution in [0.1, 0.15) is 25.3 Å². The molecule has 0 aliphatic rings. The quantitative estimate of drug-likeness (QED) is 0.641. The van der Waals surface area contributed by atoms with Gasteiger partial charge in [0.1, 0.15) is 22.5 Å². The molecule has 6 heteroatoms. The van der Waals surface area contributed by atoms with Gasteiger partial charge in [0.25, 0.3) is 0 Å². The highest BCUT2D eigenvalue weighted by Gasteiger charge is 1.98. The molecule has 0 atom stereocenters. The zero-order valence-electron chi connectivity index (χ0n) is 12.7. The van der Waals surface area contributed by atoms with Gasteiger partial charge in [-0.3, -0.25) is 0 Å². The van der Waals surface area contributed by atoms with Crippen molar-refractivity contribution in [1.29, 1.82) is 0 Å². The molecule has 21 heavy (non-hydrogen) atoms. The summed E-state index contributed by atoms with van der Waals surface area (Å²) in [6.07, 6.45) is 8.82. The lowest BCUT2D eigenvalue weighted by atomic mass is 10.2. The Labute approximate surface area is 126 Å². The van der Waals surface area contributed by atoms with E-state index >= 15 is 0 Å². The van der Waals surface area contributed by atoms with Gasteiger partial charge in [0.15, 0.2) is 0 Å². The first-order valence-electron chi connectivity index (χ1n) is 6.86. The Bertz CT molecular complexity index is 646. The molecule has 0 aliphatic heterocycles. The summed E-state index contributed by atoms with van der Waals surface area (Å²) < 4.78 is 35.4. The summed E-state index contributed by atoms with van der Waals surface area (Å²) in [5.41, 5.74) is 0.928. The van der Waals surface area contributed by atoms with Crippen molar-refractivity contribution >= 4 is 10.1 Å². The van der Waals surface area contributed by atoms with Crippen molar-refractivity contribution in [3.05, 3.63) is 48.5 Å². The van der Waals surface area contributed by atoms with E-state index in [1.165, 1.54) is 25.0 Å². The highest BCUT2D eigenvalue weighted by atomic mass is 32.2. The minimum absolute atomic E-state index is 0.178. The SMILES string of the molecule is CCCC[n+]1ccn(C)c1.Cc1ccc(S(=O)(=O)[O-])cc1. The van der Waals surface area contributed by atoms with Crippen LogP contribution >= 0.6 is 0 Å². The second-order valence-corrected chi connectivity index (χ2v) is 6.32. The number of aryl methyl sites for hydroxylation is 3. The molecule has 0 saturated carbocycles. The standard InChI is InChI=1S/C8H15N2.C7H8O3S/c1-3-4-5-10-7-6-9(2)8-10;1-6-2-4-7(5-3-6)11(8,9)10/h6-8H,3-5H2,1-2H3;2-5H,1H3,(H,8,9,10)/q+1;/p-1. The fourth-order valence-corrected chi connectivity index (χ4v) is 2.15. The lowest BCUT2D eigenvalue weighted by molar-refractivity contribution is -0.696. The van der Waals surface area contributed by atoms with Crippen LogP contribution in [0.15, 0.2) is 47.9 Å². The summed E-state index contributed by atoms with van der Waals surface area (Å²) in [5.74, 6) is 0. The van der Waals surface area contributed by atoms with E-state index in [4.69, 9.17) is 0 Å².